The standard InChI is InChI=1S/C18H16BrN5O2/c1-25-15-6-3-12(4-7-15)16-11-21-24-18(22-16)23-20-10-13-9-14(19)5-8-17(13)26-2/h3-11H,1-2H3,(H,22,23,24). The van der Waals surface area contributed by atoms with Crippen molar-refractivity contribution in [2.24, 2.45) is 5.10 Å². The molecule has 0 aliphatic carbocycles. The van der Waals surface area contributed by atoms with Gasteiger partial charge in [0.2, 0.25) is 0 Å². The zero-order valence-electron chi connectivity index (χ0n) is 14.2. The van der Waals surface area contributed by atoms with E-state index in [9.17, 15) is 0 Å². The molecule has 0 atom stereocenters. The van der Waals surface area contributed by atoms with Crippen LogP contribution in [0.15, 0.2) is 58.2 Å². The average Bonchev–Trinajstić information content (AvgIpc) is 2.68. The van der Waals surface area contributed by atoms with Gasteiger partial charge in [-0.05, 0) is 42.5 Å². The molecule has 1 aromatic heterocycles. The molecule has 0 fully saturated rings. The van der Waals surface area contributed by atoms with Gasteiger partial charge in [0.15, 0.2) is 0 Å². The number of nitrogens with zero attached hydrogens (tertiary/aromatic N) is 4. The minimum atomic E-state index is 0.295. The summed E-state index contributed by atoms with van der Waals surface area (Å²) in [5.41, 5.74) is 5.18. The van der Waals surface area contributed by atoms with Crippen molar-refractivity contribution in [1.29, 1.82) is 0 Å². The van der Waals surface area contributed by atoms with E-state index in [1.54, 1.807) is 26.6 Å². The summed E-state index contributed by atoms with van der Waals surface area (Å²) >= 11 is 3.43. The summed E-state index contributed by atoms with van der Waals surface area (Å²) in [4.78, 5) is 4.41. The summed E-state index contributed by atoms with van der Waals surface area (Å²) in [6.07, 6.45) is 3.22. The Morgan fingerprint density at radius 2 is 1.88 bits per heavy atom. The number of methoxy groups -OCH3 is 2. The number of hydrogen-bond donors (Lipinski definition) is 1. The summed E-state index contributed by atoms with van der Waals surface area (Å²) in [5.74, 6) is 1.79. The first kappa shape index (κ1) is 17.8. The maximum atomic E-state index is 5.31. The Kier molecular flexibility index (Phi) is 5.75. The summed E-state index contributed by atoms with van der Waals surface area (Å²) < 4.78 is 11.4. The molecule has 132 valence electrons. The molecule has 1 N–H and O–H groups in total. The lowest BCUT2D eigenvalue weighted by Gasteiger charge is -2.05. The quantitative estimate of drug-likeness (QED) is 0.489. The number of aromatic nitrogens is 3. The highest BCUT2D eigenvalue weighted by Gasteiger charge is 2.04. The Morgan fingerprint density at radius 3 is 2.62 bits per heavy atom. The first-order valence-electron chi connectivity index (χ1n) is 7.66. The average molecular weight is 414 g/mol. The summed E-state index contributed by atoms with van der Waals surface area (Å²) in [6, 6.07) is 13.2. The van der Waals surface area contributed by atoms with Gasteiger partial charge in [-0.2, -0.15) is 10.2 Å². The number of hydrogen-bond acceptors (Lipinski definition) is 7. The van der Waals surface area contributed by atoms with E-state index in [1.807, 2.05) is 42.5 Å². The van der Waals surface area contributed by atoms with E-state index in [2.05, 4.69) is 41.6 Å². The molecule has 0 saturated carbocycles. The Bertz CT molecular complexity index is 916. The van der Waals surface area contributed by atoms with Crippen LogP contribution in [0.3, 0.4) is 0 Å². The molecule has 0 amide bonds. The molecule has 26 heavy (non-hydrogen) atoms. The van der Waals surface area contributed by atoms with E-state index >= 15 is 0 Å². The Morgan fingerprint density at radius 1 is 1.08 bits per heavy atom. The Balaban J connectivity index is 1.75. The third-order valence-corrected chi connectivity index (χ3v) is 4.00. The molecular weight excluding hydrogens is 398 g/mol. The molecule has 0 unspecified atom stereocenters. The van der Waals surface area contributed by atoms with Crippen molar-refractivity contribution < 1.29 is 9.47 Å². The fourth-order valence-electron chi connectivity index (χ4n) is 2.22. The lowest BCUT2D eigenvalue weighted by molar-refractivity contribution is 0.414. The number of ether oxygens (including phenoxy) is 2. The predicted octanol–water partition coefficient (Wildman–Crippen LogP) is 3.76. The largest absolute Gasteiger partial charge is 0.497 e. The highest BCUT2D eigenvalue weighted by Crippen LogP contribution is 2.22. The van der Waals surface area contributed by atoms with E-state index in [1.165, 1.54) is 0 Å². The van der Waals surface area contributed by atoms with Gasteiger partial charge >= 0.3 is 0 Å². The zero-order valence-corrected chi connectivity index (χ0v) is 15.8. The van der Waals surface area contributed by atoms with Gasteiger partial charge in [0, 0.05) is 15.6 Å². The van der Waals surface area contributed by atoms with E-state index in [0.717, 1.165) is 21.3 Å². The van der Waals surface area contributed by atoms with Crippen molar-refractivity contribution >= 4 is 28.1 Å². The van der Waals surface area contributed by atoms with Crippen LogP contribution in [-0.4, -0.2) is 35.6 Å². The third-order valence-electron chi connectivity index (χ3n) is 3.50. The number of hydrazone groups is 1. The fraction of sp³-hybridized carbons (Fsp3) is 0.111. The molecule has 3 aromatic rings. The lowest BCUT2D eigenvalue weighted by Crippen LogP contribution is -2.00. The van der Waals surface area contributed by atoms with Crippen LogP contribution < -0.4 is 14.9 Å². The third kappa shape index (κ3) is 4.34. The molecule has 7 nitrogen and oxygen atoms in total. The van der Waals surface area contributed by atoms with Gasteiger partial charge in [-0.3, -0.25) is 0 Å². The maximum absolute atomic E-state index is 5.31. The Hall–Kier alpha value is -3.00. The molecule has 8 heteroatoms. The number of anilines is 1. The van der Waals surface area contributed by atoms with Crippen LogP contribution in [-0.2, 0) is 0 Å². The number of benzene rings is 2. The molecule has 0 aliphatic rings. The zero-order chi connectivity index (χ0) is 18.4. The molecule has 0 aliphatic heterocycles. The fourth-order valence-corrected chi connectivity index (χ4v) is 2.60. The highest BCUT2D eigenvalue weighted by molar-refractivity contribution is 9.10. The van der Waals surface area contributed by atoms with Gasteiger partial charge in [0.1, 0.15) is 11.5 Å². The predicted molar refractivity (Wildman–Crippen MR) is 104 cm³/mol. The molecular formula is C18H16BrN5O2. The monoisotopic (exact) mass is 413 g/mol. The maximum Gasteiger partial charge on any atom is 0.263 e. The second kappa shape index (κ2) is 8.39. The number of nitrogens with one attached hydrogen (secondary N) is 1. The van der Waals surface area contributed by atoms with Crippen molar-refractivity contribution in [2.75, 3.05) is 19.6 Å². The lowest BCUT2D eigenvalue weighted by atomic mass is 10.1. The van der Waals surface area contributed by atoms with Gasteiger partial charge in [0.05, 0.1) is 32.3 Å². The van der Waals surface area contributed by atoms with E-state index in [-0.39, 0.29) is 0 Å². The topological polar surface area (TPSA) is 81.5 Å². The van der Waals surface area contributed by atoms with Crippen LogP contribution in [0, 0.1) is 0 Å². The van der Waals surface area contributed by atoms with Crippen LogP contribution in [0.1, 0.15) is 5.56 Å². The van der Waals surface area contributed by atoms with E-state index in [0.29, 0.717) is 17.4 Å². The smallest absolute Gasteiger partial charge is 0.263 e. The minimum Gasteiger partial charge on any atom is -0.497 e. The van der Waals surface area contributed by atoms with Crippen molar-refractivity contribution in [2.45, 2.75) is 0 Å². The molecule has 0 bridgehead atoms. The van der Waals surface area contributed by atoms with Crippen LogP contribution >= 0.6 is 15.9 Å². The summed E-state index contributed by atoms with van der Waals surface area (Å²) in [6.45, 7) is 0. The second-order valence-electron chi connectivity index (χ2n) is 5.15. The molecule has 3 rings (SSSR count). The number of halogens is 1. The Labute approximate surface area is 159 Å². The van der Waals surface area contributed by atoms with Gasteiger partial charge in [-0.15, -0.1) is 5.10 Å². The normalized spacial score (nSPS) is 10.7. The summed E-state index contributed by atoms with van der Waals surface area (Å²) in [7, 11) is 3.24. The molecule has 0 spiro atoms. The van der Waals surface area contributed by atoms with Gasteiger partial charge < -0.3 is 9.47 Å². The van der Waals surface area contributed by atoms with Gasteiger partial charge in [0.25, 0.3) is 5.95 Å². The second-order valence-corrected chi connectivity index (χ2v) is 6.07. The first-order valence-corrected chi connectivity index (χ1v) is 8.45. The summed E-state index contributed by atoms with van der Waals surface area (Å²) in [5, 5.41) is 12.1. The molecule has 1 heterocycles. The first-order chi connectivity index (χ1) is 12.7. The van der Waals surface area contributed by atoms with Crippen molar-refractivity contribution in [3.8, 4) is 22.8 Å². The minimum absolute atomic E-state index is 0.295. The van der Waals surface area contributed by atoms with Crippen molar-refractivity contribution in [3.63, 3.8) is 0 Å². The van der Waals surface area contributed by atoms with Gasteiger partial charge in [-0.25, -0.2) is 10.4 Å². The van der Waals surface area contributed by atoms with Crippen LogP contribution in [0.25, 0.3) is 11.3 Å². The molecule has 0 saturated heterocycles. The van der Waals surface area contributed by atoms with Crippen molar-refractivity contribution in [1.82, 2.24) is 15.2 Å². The number of rotatable bonds is 6. The molecule has 0 radical (unpaired) electrons. The van der Waals surface area contributed by atoms with Crippen LogP contribution in [0.4, 0.5) is 5.95 Å². The van der Waals surface area contributed by atoms with Crippen molar-refractivity contribution in [3.05, 3.63) is 58.7 Å². The van der Waals surface area contributed by atoms with E-state index < -0.39 is 0 Å². The van der Waals surface area contributed by atoms with E-state index in [4.69, 9.17) is 9.47 Å². The highest BCUT2D eigenvalue weighted by atomic mass is 79.9. The van der Waals surface area contributed by atoms with Gasteiger partial charge in [-0.1, -0.05) is 15.9 Å². The van der Waals surface area contributed by atoms with Crippen LogP contribution in [0.5, 0.6) is 11.5 Å². The SMILES string of the molecule is COc1ccc(-c2cnnc(NN=Cc3cc(Br)ccc3OC)n2)cc1. The molecule has 2 aromatic carbocycles. The van der Waals surface area contributed by atoms with Crippen LogP contribution in [0.2, 0.25) is 0 Å².